The van der Waals surface area contributed by atoms with Crippen molar-refractivity contribution in [2.24, 2.45) is 0 Å². The van der Waals surface area contributed by atoms with E-state index >= 15 is 0 Å². The van der Waals surface area contributed by atoms with Crippen molar-refractivity contribution in [2.75, 3.05) is 20.2 Å². The summed E-state index contributed by atoms with van der Waals surface area (Å²) in [5.74, 6) is -1.43. The highest BCUT2D eigenvalue weighted by Gasteiger charge is 2.57. The Morgan fingerprint density at radius 2 is 1.45 bits per heavy atom. The van der Waals surface area contributed by atoms with Gasteiger partial charge in [0.1, 0.15) is 6.10 Å². The lowest BCUT2D eigenvalue weighted by molar-refractivity contribution is -0.221. The van der Waals surface area contributed by atoms with Gasteiger partial charge in [-0.3, -0.25) is 4.90 Å². The molecule has 5 nitrogen and oxygen atoms in total. The minimum atomic E-state index is -1.02. The number of morpholine rings is 1. The van der Waals surface area contributed by atoms with Crippen molar-refractivity contribution in [2.45, 2.75) is 24.0 Å². The molecule has 5 rings (SSSR count). The molecule has 2 bridgehead atoms. The molecule has 0 spiro atoms. The summed E-state index contributed by atoms with van der Waals surface area (Å²) in [6.07, 6.45) is -1.18. The number of ether oxygens (including phenoxy) is 3. The lowest BCUT2D eigenvalue weighted by Crippen LogP contribution is -2.51. The molecule has 2 aliphatic rings. The largest absolute Gasteiger partial charge is 0.467 e. The molecule has 2 aliphatic heterocycles. The van der Waals surface area contributed by atoms with Crippen LogP contribution in [0.15, 0.2) is 91.0 Å². The second-order valence-electron chi connectivity index (χ2n) is 7.99. The van der Waals surface area contributed by atoms with Crippen LogP contribution in [0.3, 0.4) is 0 Å². The van der Waals surface area contributed by atoms with E-state index in [2.05, 4.69) is 53.4 Å². The maximum absolute atomic E-state index is 12.5. The normalized spacial score (nSPS) is 25.5. The van der Waals surface area contributed by atoms with E-state index < -0.39 is 24.0 Å². The number of hydrogen-bond acceptors (Lipinski definition) is 5. The first kappa shape index (κ1) is 19.9. The first-order valence-corrected chi connectivity index (χ1v) is 10.5. The smallest absolute Gasteiger partial charge is 0.337 e. The van der Waals surface area contributed by atoms with Crippen LogP contribution < -0.4 is 0 Å². The number of methoxy groups -OCH3 is 1. The van der Waals surface area contributed by atoms with E-state index in [1.54, 1.807) is 0 Å². The Labute approximate surface area is 182 Å². The molecule has 3 aromatic carbocycles. The maximum atomic E-state index is 12.5. The minimum absolute atomic E-state index is 0.0110. The molecular formula is C26H25NO4. The first-order chi connectivity index (χ1) is 15.2. The van der Waals surface area contributed by atoms with Gasteiger partial charge in [-0.15, -0.1) is 0 Å². The Morgan fingerprint density at radius 3 is 2.00 bits per heavy atom. The third-order valence-corrected chi connectivity index (χ3v) is 6.07. The number of rotatable bonds is 5. The van der Waals surface area contributed by atoms with Gasteiger partial charge in [-0.1, -0.05) is 91.0 Å². The predicted octanol–water partition coefficient (Wildman–Crippen LogP) is 3.90. The van der Waals surface area contributed by atoms with Crippen molar-refractivity contribution in [3.63, 3.8) is 0 Å². The Morgan fingerprint density at radius 1 is 0.903 bits per heavy atom. The van der Waals surface area contributed by atoms with E-state index in [0.717, 1.165) is 5.56 Å². The third-order valence-electron chi connectivity index (χ3n) is 6.07. The van der Waals surface area contributed by atoms with E-state index in [-0.39, 0.29) is 6.04 Å². The topological polar surface area (TPSA) is 48.0 Å². The Bertz CT molecular complexity index is 988. The molecule has 0 unspecified atom stereocenters. The lowest BCUT2D eigenvalue weighted by Gasteiger charge is -2.42. The standard InChI is InChI=1S/C26H25NO4/c1-29-25(28)24-22-17-27(18-26(30-22,31-24)21-15-9-4-10-16-21)23(19-11-5-2-6-12-19)20-13-7-3-8-14-20/h2-16,22-24H,17-18H2,1H3/t22-,24+,26+/m0/s1. The molecule has 158 valence electrons. The molecular weight excluding hydrogens is 390 g/mol. The van der Waals surface area contributed by atoms with Crippen LogP contribution >= 0.6 is 0 Å². The molecule has 5 heteroatoms. The number of benzene rings is 3. The minimum Gasteiger partial charge on any atom is -0.467 e. The summed E-state index contributed by atoms with van der Waals surface area (Å²) in [4.78, 5) is 14.9. The molecule has 0 radical (unpaired) electrons. The molecule has 3 aromatic rings. The molecule has 2 heterocycles. The van der Waals surface area contributed by atoms with Gasteiger partial charge >= 0.3 is 5.97 Å². The Hall–Kier alpha value is -2.99. The van der Waals surface area contributed by atoms with Crippen molar-refractivity contribution in [3.05, 3.63) is 108 Å². The van der Waals surface area contributed by atoms with Crippen LogP contribution in [0, 0.1) is 0 Å². The third kappa shape index (κ3) is 3.65. The zero-order valence-corrected chi connectivity index (χ0v) is 17.4. The van der Waals surface area contributed by atoms with Crippen LogP contribution in [-0.2, 0) is 24.8 Å². The molecule has 0 aliphatic carbocycles. The van der Waals surface area contributed by atoms with E-state index in [4.69, 9.17) is 14.2 Å². The number of hydrogen-bond donors (Lipinski definition) is 0. The fraction of sp³-hybridized carbons (Fsp3) is 0.269. The first-order valence-electron chi connectivity index (χ1n) is 10.5. The van der Waals surface area contributed by atoms with Crippen LogP contribution in [0.1, 0.15) is 22.7 Å². The zero-order chi connectivity index (χ0) is 21.3. The van der Waals surface area contributed by atoms with Gasteiger partial charge in [-0.2, -0.15) is 0 Å². The van der Waals surface area contributed by atoms with Gasteiger partial charge in [0.15, 0.2) is 6.10 Å². The Balaban J connectivity index is 1.58. The van der Waals surface area contributed by atoms with Crippen LogP contribution in [0.2, 0.25) is 0 Å². The number of nitrogens with zero attached hydrogens (tertiary/aromatic N) is 1. The van der Waals surface area contributed by atoms with Gasteiger partial charge in [-0.05, 0) is 11.1 Å². The van der Waals surface area contributed by atoms with Crippen LogP contribution in [0.4, 0.5) is 0 Å². The number of fused-ring (bicyclic) bond motifs is 2. The summed E-state index contributed by atoms with van der Waals surface area (Å²) >= 11 is 0. The van der Waals surface area contributed by atoms with Crippen molar-refractivity contribution < 1.29 is 19.0 Å². The molecule has 2 saturated heterocycles. The van der Waals surface area contributed by atoms with Crippen molar-refractivity contribution in [3.8, 4) is 0 Å². The van der Waals surface area contributed by atoms with Crippen molar-refractivity contribution >= 4 is 5.97 Å². The Kier molecular flexibility index (Phi) is 5.32. The van der Waals surface area contributed by atoms with Crippen LogP contribution in [0.5, 0.6) is 0 Å². The second-order valence-corrected chi connectivity index (χ2v) is 7.99. The molecule has 0 aromatic heterocycles. The molecule has 2 fully saturated rings. The molecule has 0 N–H and O–H groups in total. The fourth-order valence-electron chi connectivity index (χ4n) is 4.70. The van der Waals surface area contributed by atoms with Crippen LogP contribution in [0.25, 0.3) is 0 Å². The summed E-state index contributed by atoms with van der Waals surface area (Å²) < 4.78 is 17.7. The fourth-order valence-corrected chi connectivity index (χ4v) is 4.70. The van der Waals surface area contributed by atoms with Crippen molar-refractivity contribution in [1.29, 1.82) is 0 Å². The van der Waals surface area contributed by atoms with E-state index in [0.29, 0.717) is 13.1 Å². The number of esters is 1. The quantitative estimate of drug-likeness (QED) is 0.592. The van der Waals surface area contributed by atoms with Crippen molar-refractivity contribution in [1.82, 2.24) is 4.90 Å². The summed E-state index contributed by atoms with van der Waals surface area (Å²) in [7, 11) is 1.39. The zero-order valence-electron chi connectivity index (χ0n) is 17.4. The number of carbonyl (C=O) groups is 1. The van der Waals surface area contributed by atoms with Gasteiger partial charge in [0, 0.05) is 12.1 Å². The lowest BCUT2D eigenvalue weighted by atomic mass is 9.94. The van der Waals surface area contributed by atoms with Gasteiger partial charge in [0.05, 0.1) is 19.7 Å². The van der Waals surface area contributed by atoms with Gasteiger partial charge in [-0.25, -0.2) is 4.79 Å². The molecule has 31 heavy (non-hydrogen) atoms. The average Bonchev–Trinajstić information content (AvgIpc) is 3.12. The highest BCUT2D eigenvalue weighted by Crippen LogP contribution is 2.45. The monoisotopic (exact) mass is 415 g/mol. The van der Waals surface area contributed by atoms with Crippen LogP contribution in [-0.4, -0.2) is 43.3 Å². The second kappa shape index (κ2) is 8.27. The van der Waals surface area contributed by atoms with Gasteiger partial charge in [0.2, 0.25) is 5.79 Å². The molecule has 0 saturated carbocycles. The average molecular weight is 415 g/mol. The van der Waals surface area contributed by atoms with Gasteiger partial charge in [0.25, 0.3) is 0 Å². The highest BCUT2D eigenvalue weighted by atomic mass is 16.8. The summed E-state index contributed by atoms with van der Waals surface area (Å²) in [6, 6.07) is 30.7. The number of carbonyl (C=O) groups excluding carboxylic acids is 1. The SMILES string of the molecule is COC(=O)[C@@H]1O[C@@]2(c3ccccc3)CN(C(c3ccccc3)c3ccccc3)C[C@@H]1O2. The summed E-state index contributed by atoms with van der Waals surface area (Å²) in [5, 5.41) is 0. The molecule has 3 atom stereocenters. The highest BCUT2D eigenvalue weighted by molar-refractivity contribution is 5.76. The van der Waals surface area contributed by atoms with E-state index in [1.165, 1.54) is 18.2 Å². The predicted molar refractivity (Wildman–Crippen MR) is 116 cm³/mol. The summed E-state index contributed by atoms with van der Waals surface area (Å²) in [6.45, 7) is 1.05. The maximum Gasteiger partial charge on any atom is 0.337 e. The molecule has 0 amide bonds. The van der Waals surface area contributed by atoms with Gasteiger partial charge < -0.3 is 14.2 Å². The van der Waals surface area contributed by atoms with E-state index in [1.807, 2.05) is 42.5 Å². The summed E-state index contributed by atoms with van der Waals surface area (Å²) in [5.41, 5.74) is 3.27. The van der Waals surface area contributed by atoms with E-state index in [9.17, 15) is 4.79 Å².